The van der Waals surface area contributed by atoms with Crippen LogP contribution in [0, 0.1) is 11.8 Å². The van der Waals surface area contributed by atoms with Crippen LogP contribution in [0.4, 0.5) is 0 Å². The van der Waals surface area contributed by atoms with Crippen molar-refractivity contribution in [2.45, 2.75) is 136 Å². The van der Waals surface area contributed by atoms with Gasteiger partial charge in [-0.3, -0.25) is 0 Å². The summed E-state index contributed by atoms with van der Waals surface area (Å²) in [6, 6.07) is 14.4. The predicted molar refractivity (Wildman–Crippen MR) is 214 cm³/mol. The molecule has 0 radical (unpaired) electrons. The second-order valence-electron chi connectivity index (χ2n) is 16.1. The topological polar surface area (TPSA) is 0 Å². The van der Waals surface area contributed by atoms with Crippen molar-refractivity contribution in [3.8, 4) is 0 Å². The van der Waals surface area contributed by atoms with E-state index >= 15 is 0 Å². The van der Waals surface area contributed by atoms with Crippen LogP contribution in [-0.4, -0.2) is 5.92 Å². The molecule has 4 heteroatoms. The summed E-state index contributed by atoms with van der Waals surface area (Å²) in [5.41, 5.74) is 12.3. The van der Waals surface area contributed by atoms with Gasteiger partial charge < -0.3 is 0 Å². The Morgan fingerprint density at radius 3 is 1.44 bits per heavy atom. The van der Waals surface area contributed by atoms with Gasteiger partial charge in [0.2, 0.25) is 0 Å². The Kier molecular flexibility index (Phi) is 12.4. The van der Waals surface area contributed by atoms with E-state index in [-0.39, 0.29) is 7.25 Å². The van der Waals surface area contributed by atoms with Crippen molar-refractivity contribution < 1.29 is 15.6 Å². The molecule has 48 heavy (non-hydrogen) atoms. The number of hydrogen-bond acceptors (Lipinski definition) is 0. The Morgan fingerprint density at radius 2 is 1.06 bits per heavy atom. The van der Waals surface area contributed by atoms with Crippen LogP contribution in [0.2, 0.25) is 13.1 Å². The quantitative estimate of drug-likeness (QED) is 0.0959. The van der Waals surface area contributed by atoms with Gasteiger partial charge >= 0.3 is 305 Å². The van der Waals surface area contributed by atoms with Crippen molar-refractivity contribution in [1.29, 1.82) is 0 Å². The predicted octanol–water partition coefficient (Wildman–Crippen LogP) is 14.2. The van der Waals surface area contributed by atoms with E-state index in [1.807, 2.05) is 0 Å². The zero-order valence-electron chi connectivity index (χ0n) is 30.1. The summed E-state index contributed by atoms with van der Waals surface area (Å²) in [6.45, 7) is 13.0. The zero-order valence-corrected chi connectivity index (χ0v) is 35.2. The van der Waals surface area contributed by atoms with Crippen LogP contribution >= 0.6 is 17.0 Å². The average molecular weight is 780 g/mol. The van der Waals surface area contributed by atoms with Crippen molar-refractivity contribution in [3.63, 3.8) is 0 Å². The van der Waals surface area contributed by atoms with Gasteiger partial charge in [-0.15, -0.1) is 0 Å². The Hall–Kier alpha value is -0.920. The molecule has 0 aromatic heterocycles. The maximum absolute atomic E-state index is 8.95. The molecule has 2 aromatic rings. The molecule has 6 rings (SSSR count). The van der Waals surface area contributed by atoms with Gasteiger partial charge in [0.05, 0.1) is 0 Å². The first-order chi connectivity index (χ1) is 23.3. The van der Waals surface area contributed by atoms with Gasteiger partial charge in [0.15, 0.2) is 0 Å². The normalized spacial score (nSPS) is 22.5. The van der Waals surface area contributed by atoms with Crippen LogP contribution < -0.4 is 0 Å². The van der Waals surface area contributed by atoms with E-state index in [1.54, 1.807) is 11.1 Å². The number of hydrogen-bond donors (Lipinski definition) is 0. The maximum atomic E-state index is 8.95. The van der Waals surface area contributed by atoms with Gasteiger partial charge in [-0.2, -0.15) is 0 Å². The molecular formula is C44H61Cl2SiZr. The molecule has 0 spiro atoms. The molecule has 0 N–H and O–H groups in total. The fourth-order valence-corrected chi connectivity index (χ4v) is 41.3. The molecule has 0 amide bonds. The van der Waals surface area contributed by atoms with Crippen LogP contribution in [0.3, 0.4) is 0 Å². The van der Waals surface area contributed by atoms with E-state index in [4.69, 9.17) is 17.0 Å². The van der Waals surface area contributed by atoms with Crippen LogP contribution in [-0.2, 0) is 28.4 Å². The summed E-state index contributed by atoms with van der Waals surface area (Å²) in [4.78, 5) is 0. The van der Waals surface area contributed by atoms with E-state index in [2.05, 4.69) is 87.0 Å². The number of benzene rings is 2. The number of allylic oxidation sites excluding steroid dienone is 4. The molecule has 2 saturated carbocycles. The summed E-state index contributed by atoms with van der Waals surface area (Å²) < 4.78 is 0.457. The molecule has 0 heterocycles. The Bertz CT molecular complexity index is 1410. The van der Waals surface area contributed by atoms with Gasteiger partial charge in [0.1, 0.15) is 0 Å². The molecule has 2 aromatic carbocycles. The third kappa shape index (κ3) is 7.10. The summed E-state index contributed by atoms with van der Waals surface area (Å²) in [6.07, 6.45) is 32.0. The monoisotopic (exact) mass is 777 g/mol. The van der Waals surface area contributed by atoms with E-state index in [9.17, 15) is 0 Å². The zero-order chi connectivity index (χ0) is 33.8. The number of fused-ring (bicyclic) bond motifs is 2. The number of rotatable bonds is 15. The molecule has 0 bridgehead atoms. The first-order valence-corrected chi connectivity index (χ1v) is 36.1. The third-order valence-corrected chi connectivity index (χ3v) is 64.6. The average Bonchev–Trinajstić information content (AvgIpc) is 3.71. The van der Waals surface area contributed by atoms with E-state index < -0.39 is 21.5 Å². The summed E-state index contributed by atoms with van der Waals surface area (Å²) in [5, 5.41) is 0. The Morgan fingerprint density at radius 1 is 0.646 bits per heavy atom. The molecule has 4 aliphatic carbocycles. The molecule has 0 nitrogen and oxygen atoms in total. The van der Waals surface area contributed by atoms with Crippen molar-refractivity contribution in [3.05, 3.63) is 106 Å². The van der Waals surface area contributed by atoms with Crippen LogP contribution in [0.1, 0.15) is 143 Å². The van der Waals surface area contributed by atoms with Crippen molar-refractivity contribution in [2.24, 2.45) is 11.8 Å². The SMILES string of the molecule is C=CCCCCc1cccc2c1C=C(C1CCCCC1)[CH]2[Zr]([Cl])([Cl])([CH]1C(C2CCCCC2)=Cc2c(CCCCC=C)cccc21)[SiH](C)C. The van der Waals surface area contributed by atoms with Gasteiger partial charge in [0, 0.05) is 0 Å². The molecule has 0 aliphatic heterocycles. The molecular weight excluding hydrogens is 719 g/mol. The van der Waals surface area contributed by atoms with E-state index in [0.29, 0.717) is 11.8 Å². The fourth-order valence-electron chi connectivity index (χ4n) is 10.3. The molecule has 259 valence electrons. The van der Waals surface area contributed by atoms with Crippen molar-refractivity contribution in [1.82, 2.24) is 0 Å². The van der Waals surface area contributed by atoms with Gasteiger partial charge in [-0.05, 0) is 0 Å². The van der Waals surface area contributed by atoms with Crippen molar-refractivity contribution in [2.75, 3.05) is 0 Å². The van der Waals surface area contributed by atoms with Gasteiger partial charge in [0.25, 0.3) is 0 Å². The standard InChI is InChI=1S/2C21H27.C2H7Si.2ClH.Zr/c2*1-2-3-4-6-12-18-13-9-14-19-15-20(16-21(18)19)17-10-7-5-8-11-17;1-3-2;;;/h2*2,9,13-17H,1,3-8,10-12H2;3H,1-2H3;2*1H;/q;;;;;+2/p-2. The summed E-state index contributed by atoms with van der Waals surface area (Å²) in [5.74, 6) is -0.357. The van der Waals surface area contributed by atoms with Crippen molar-refractivity contribution >= 4 is 35.1 Å². The first-order valence-electron chi connectivity index (χ1n) is 19.7. The fraction of sp³-hybridized carbons (Fsp3) is 0.545. The van der Waals surface area contributed by atoms with Crippen LogP contribution in [0.15, 0.2) is 72.9 Å². The second kappa shape index (κ2) is 16.2. The molecule has 0 saturated heterocycles. The van der Waals surface area contributed by atoms with E-state index in [0.717, 1.165) is 25.7 Å². The molecule has 2 unspecified atom stereocenters. The van der Waals surface area contributed by atoms with Crippen LogP contribution in [0.5, 0.6) is 0 Å². The van der Waals surface area contributed by atoms with E-state index in [1.165, 1.54) is 123 Å². The van der Waals surface area contributed by atoms with Gasteiger partial charge in [-0.1, -0.05) is 0 Å². The summed E-state index contributed by atoms with van der Waals surface area (Å²) >= 11 is -4.81. The van der Waals surface area contributed by atoms with Gasteiger partial charge in [-0.25, -0.2) is 0 Å². The minimum atomic E-state index is -4.81. The second-order valence-corrected chi connectivity index (χ2v) is 58.6. The molecule has 2 atom stereocenters. The number of unbranched alkanes of at least 4 members (excludes halogenated alkanes) is 4. The number of halogens is 2. The van der Waals surface area contributed by atoms with Crippen LogP contribution in [0.25, 0.3) is 12.2 Å². The number of aryl methyl sites for hydroxylation is 2. The minimum absolute atomic E-state index is 0.229. The first kappa shape index (κ1) is 36.9. The Labute approximate surface area is 302 Å². The Balaban J connectivity index is 1.51. The third-order valence-electron chi connectivity index (χ3n) is 12.9. The summed E-state index contributed by atoms with van der Waals surface area (Å²) in [7, 11) is 17.9. The molecule has 2 fully saturated rings. The molecule has 4 aliphatic rings.